The van der Waals surface area contributed by atoms with E-state index in [1.165, 1.54) is 16.7 Å². The van der Waals surface area contributed by atoms with E-state index in [9.17, 15) is 4.79 Å². The van der Waals surface area contributed by atoms with Crippen molar-refractivity contribution in [2.45, 2.75) is 70.5 Å². The molecular formula is C35H43N7O2. The molecule has 0 spiro atoms. The maximum atomic E-state index is 13.2. The lowest BCUT2D eigenvalue weighted by Crippen LogP contribution is -2.53. The van der Waals surface area contributed by atoms with Crippen molar-refractivity contribution in [3.8, 4) is 22.3 Å². The number of anilines is 1. The van der Waals surface area contributed by atoms with E-state index in [1.54, 1.807) is 23.1 Å². The summed E-state index contributed by atoms with van der Waals surface area (Å²) in [5, 5.41) is 10.9. The lowest BCUT2D eigenvalue weighted by molar-refractivity contribution is 0.0272. The summed E-state index contributed by atoms with van der Waals surface area (Å²) in [6, 6.07) is 20.3. The quantitative estimate of drug-likeness (QED) is 0.256. The number of hydrogen-bond donors (Lipinski definition) is 3. The summed E-state index contributed by atoms with van der Waals surface area (Å²) >= 11 is 0. The first-order valence-electron chi connectivity index (χ1n) is 15.6. The summed E-state index contributed by atoms with van der Waals surface area (Å²) in [6.45, 7) is 8.14. The molecule has 0 bridgehead atoms. The molecule has 2 fully saturated rings. The summed E-state index contributed by atoms with van der Waals surface area (Å²) in [5.41, 5.74) is 13.0. The van der Waals surface area contributed by atoms with Gasteiger partial charge in [-0.3, -0.25) is 14.4 Å². The highest BCUT2D eigenvalue weighted by Crippen LogP contribution is 2.27. The van der Waals surface area contributed by atoms with Crippen molar-refractivity contribution in [1.29, 1.82) is 0 Å². The molecule has 6 rings (SSSR count). The molecule has 1 aliphatic carbocycles. The number of ether oxygens (including phenoxy) is 1. The number of rotatable bonds is 9. The molecule has 1 saturated heterocycles. The highest BCUT2D eigenvalue weighted by molar-refractivity contribution is 5.99. The zero-order valence-corrected chi connectivity index (χ0v) is 25.9. The molecular weight excluding hydrogens is 550 g/mol. The van der Waals surface area contributed by atoms with E-state index in [1.807, 2.05) is 13.2 Å². The maximum Gasteiger partial charge on any atom is 0.255 e. The lowest BCUT2D eigenvalue weighted by Gasteiger charge is -2.37. The van der Waals surface area contributed by atoms with Crippen molar-refractivity contribution >= 4 is 11.7 Å². The smallest absolute Gasteiger partial charge is 0.255 e. The SMILES string of the molecule is C[C@@H]1CN[C@@H](C)CN1Cc1ccc(-c2ccc(CO[C@H]3CCC[C@@H]3NC(=O)c3cc(-c4cnn(C)c4)cnc3N)cc2)cc1. The highest BCUT2D eigenvalue weighted by atomic mass is 16.5. The van der Waals surface area contributed by atoms with Crippen LogP contribution >= 0.6 is 0 Å². The van der Waals surface area contributed by atoms with Crippen LogP contribution in [-0.4, -0.2) is 62.9 Å². The van der Waals surface area contributed by atoms with Crippen LogP contribution in [0.15, 0.2) is 73.2 Å². The Morgan fingerprint density at radius 1 is 1.00 bits per heavy atom. The molecule has 44 heavy (non-hydrogen) atoms. The number of piperazine rings is 1. The number of carbonyl (C=O) groups excluding carboxylic acids is 1. The molecule has 4 aromatic rings. The number of pyridine rings is 1. The normalized spacial score (nSPS) is 22.2. The van der Waals surface area contributed by atoms with Gasteiger partial charge in [-0.2, -0.15) is 5.10 Å². The van der Waals surface area contributed by atoms with Crippen LogP contribution in [0.5, 0.6) is 0 Å². The molecule has 1 aliphatic heterocycles. The second kappa shape index (κ2) is 13.3. The van der Waals surface area contributed by atoms with Gasteiger partial charge >= 0.3 is 0 Å². The fourth-order valence-electron chi connectivity index (χ4n) is 6.27. The Bertz CT molecular complexity index is 1570. The van der Waals surface area contributed by atoms with Gasteiger partial charge in [0.2, 0.25) is 0 Å². The third kappa shape index (κ3) is 7.01. The van der Waals surface area contributed by atoms with E-state index >= 15 is 0 Å². The highest BCUT2D eigenvalue weighted by Gasteiger charge is 2.30. The van der Waals surface area contributed by atoms with Crippen LogP contribution in [0.2, 0.25) is 0 Å². The van der Waals surface area contributed by atoms with Crippen LogP contribution in [-0.2, 0) is 24.9 Å². The van der Waals surface area contributed by atoms with Crippen molar-refractivity contribution in [1.82, 2.24) is 30.3 Å². The Morgan fingerprint density at radius 3 is 2.43 bits per heavy atom. The minimum atomic E-state index is -0.228. The zero-order valence-electron chi connectivity index (χ0n) is 25.9. The van der Waals surface area contributed by atoms with Gasteiger partial charge in [0.15, 0.2) is 0 Å². The Balaban J connectivity index is 1.03. The topological polar surface area (TPSA) is 110 Å². The number of nitrogens with two attached hydrogens (primary N) is 1. The van der Waals surface area contributed by atoms with Gasteiger partial charge in [0, 0.05) is 62.3 Å². The van der Waals surface area contributed by atoms with Gasteiger partial charge in [-0.25, -0.2) is 4.98 Å². The minimum Gasteiger partial charge on any atom is -0.383 e. The average Bonchev–Trinajstić information content (AvgIpc) is 3.67. The fraction of sp³-hybridized carbons (Fsp3) is 0.400. The van der Waals surface area contributed by atoms with Crippen LogP contribution in [0.25, 0.3) is 22.3 Å². The minimum absolute atomic E-state index is 0.0525. The third-order valence-corrected chi connectivity index (χ3v) is 8.95. The van der Waals surface area contributed by atoms with E-state index in [0.717, 1.165) is 55.6 Å². The molecule has 4 N–H and O–H groups in total. The number of nitrogens with one attached hydrogen (secondary N) is 2. The van der Waals surface area contributed by atoms with Gasteiger partial charge in [-0.15, -0.1) is 0 Å². The number of amides is 1. The number of hydrogen-bond acceptors (Lipinski definition) is 7. The molecule has 9 nitrogen and oxygen atoms in total. The van der Waals surface area contributed by atoms with E-state index in [4.69, 9.17) is 10.5 Å². The van der Waals surface area contributed by atoms with Crippen LogP contribution < -0.4 is 16.4 Å². The molecule has 3 heterocycles. The predicted molar refractivity (Wildman–Crippen MR) is 174 cm³/mol. The molecule has 4 atom stereocenters. The van der Waals surface area contributed by atoms with Crippen molar-refractivity contribution < 1.29 is 9.53 Å². The molecule has 2 aliphatic rings. The Hall–Kier alpha value is -4.05. The summed E-state index contributed by atoms with van der Waals surface area (Å²) in [5.74, 6) is -0.0160. The lowest BCUT2D eigenvalue weighted by atomic mass is 10.0. The van der Waals surface area contributed by atoms with Crippen molar-refractivity contribution in [2.24, 2.45) is 7.05 Å². The molecule has 0 unspecified atom stereocenters. The van der Waals surface area contributed by atoms with E-state index in [-0.39, 0.29) is 23.9 Å². The van der Waals surface area contributed by atoms with Gasteiger partial charge in [0.1, 0.15) is 5.82 Å². The van der Waals surface area contributed by atoms with Gasteiger partial charge in [0.25, 0.3) is 5.91 Å². The maximum absolute atomic E-state index is 13.2. The fourth-order valence-corrected chi connectivity index (χ4v) is 6.27. The second-order valence-electron chi connectivity index (χ2n) is 12.4. The van der Waals surface area contributed by atoms with Crippen molar-refractivity contribution in [2.75, 3.05) is 18.8 Å². The number of carbonyl (C=O) groups is 1. The van der Waals surface area contributed by atoms with Gasteiger partial charge in [-0.1, -0.05) is 48.5 Å². The Labute approximate surface area is 259 Å². The standard InChI is InChI=1S/C35H43N7O2/c1-23-19-42(24(2)16-37-23)20-25-7-11-27(12-8-25)28-13-9-26(10-14-28)22-44-33-6-4-5-32(33)40-35(43)31-15-29(17-38-34(31)36)30-18-39-41(3)21-30/h7-15,17-18,21,23-24,32-33,37H,4-6,16,19-20,22H2,1-3H3,(H2,36,38)(H,40,43)/t23-,24+,32-,33-/m0/s1. The van der Waals surface area contributed by atoms with Crippen LogP contribution in [0, 0.1) is 0 Å². The number of nitrogen functional groups attached to an aromatic ring is 1. The summed E-state index contributed by atoms with van der Waals surface area (Å²) in [7, 11) is 1.85. The zero-order chi connectivity index (χ0) is 30.6. The largest absolute Gasteiger partial charge is 0.383 e. The molecule has 230 valence electrons. The molecule has 2 aromatic heterocycles. The first-order chi connectivity index (χ1) is 21.3. The van der Waals surface area contributed by atoms with E-state index in [2.05, 4.69) is 88.0 Å². The summed E-state index contributed by atoms with van der Waals surface area (Å²) < 4.78 is 8.05. The predicted octanol–water partition coefficient (Wildman–Crippen LogP) is 4.78. The number of aryl methyl sites for hydroxylation is 1. The number of aromatic nitrogens is 3. The van der Waals surface area contributed by atoms with Crippen LogP contribution in [0.3, 0.4) is 0 Å². The number of nitrogens with zero attached hydrogens (tertiary/aromatic N) is 4. The Kier molecular flexibility index (Phi) is 9.07. The third-order valence-electron chi connectivity index (χ3n) is 8.95. The van der Waals surface area contributed by atoms with Gasteiger partial charge < -0.3 is 21.1 Å². The summed E-state index contributed by atoms with van der Waals surface area (Å²) in [6.07, 6.45) is 8.02. The van der Waals surface area contributed by atoms with E-state index in [0.29, 0.717) is 24.3 Å². The van der Waals surface area contributed by atoms with Crippen LogP contribution in [0.4, 0.5) is 5.82 Å². The molecule has 0 radical (unpaired) electrons. The molecule has 1 saturated carbocycles. The first-order valence-corrected chi connectivity index (χ1v) is 15.6. The second-order valence-corrected chi connectivity index (χ2v) is 12.4. The van der Waals surface area contributed by atoms with Crippen LogP contribution in [0.1, 0.15) is 54.6 Å². The van der Waals surface area contributed by atoms with Crippen molar-refractivity contribution in [3.63, 3.8) is 0 Å². The van der Waals surface area contributed by atoms with Crippen molar-refractivity contribution in [3.05, 3.63) is 89.9 Å². The van der Waals surface area contributed by atoms with Gasteiger partial charge in [-0.05, 0) is 61.4 Å². The molecule has 2 aromatic carbocycles. The summed E-state index contributed by atoms with van der Waals surface area (Å²) in [4.78, 5) is 20.1. The molecule has 1 amide bonds. The molecule has 9 heteroatoms. The Morgan fingerprint density at radius 2 is 1.73 bits per heavy atom. The monoisotopic (exact) mass is 593 g/mol. The van der Waals surface area contributed by atoms with E-state index < -0.39 is 0 Å². The number of benzene rings is 2. The average molecular weight is 594 g/mol. The first kappa shape index (κ1) is 30.0. The van der Waals surface area contributed by atoms with Gasteiger partial charge in [0.05, 0.1) is 30.5 Å².